The molecule has 2 saturated heterocycles. The van der Waals surface area contributed by atoms with Gasteiger partial charge >= 0.3 is 0 Å². The van der Waals surface area contributed by atoms with E-state index < -0.39 is 74.0 Å². The number of nitrogens with zero attached hydrogens (tertiary/aromatic N) is 8. The summed E-state index contributed by atoms with van der Waals surface area (Å²) in [5.41, 5.74) is 9.00. The van der Waals surface area contributed by atoms with E-state index in [1.54, 1.807) is 0 Å². The molecule has 220 valence electrons. The average Bonchev–Trinajstić information content (AvgIpc) is 3.68. The second-order valence-corrected chi connectivity index (χ2v) is 12.8. The van der Waals surface area contributed by atoms with Crippen LogP contribution in [0, 0.1) is 0 Å². The highest BCUT2D eigenvalue weighted by Gasteiger charge is 2.54. The lowest BCUT2D eigenvalue weighted by molar-refractivity contribution is -0.0477. The molecule has 0 amide bonds. The maximum atomic E-state index is 15.5. The molecule has 0 bridgehead atoms. The summed E-state index contributed by atoms with van der Waals surface area (Å²) >= 11 is 5.30. The van der Waals surface area contributed by atoms with Crippen LogP contribution in [0.1, 0.15) is 12.5 Å². The molecule has 0 aliphatic carbocycles. The molecule has 0 radical (unpaired) electrons. The number of aromatic amines is 1. The van der Waals surface area contributed by atoms with E-state index in [9.17, 15) is 19.9 Å². The Kier molecular flexibility index (Phi) is 6.93. The highest BCUT2D eigenvalue weighted by atomic mass is 32.5. The number of fused-ring (bicyclic) bond motifs is 2. The van der Waals surface area contributed by atoms with Crippen molar-refractivity contribution in [1.82, 2.24) is 44.5 Å². The predicted octanol–water partition coefficient (Wildman–Crippen LogP) is -1.97. The standard InChI is InChI=1S/C19H22F2N11O7PS/c20-7-5(1-33)38-18(31-4-26-10-15(31)27-19(23)28-16(10)35)12(7)40(36,41)37-2-6-11(34)8(21)17(39-6)32-14-9(29-30-32)13(22)24-3-25-14/h3-8,11-12,17-18,33-34H,1-2H2,(H,36,41)(H2,22,24,25)(H3,23,27,28,35)/t5-,6-,7+,8+,11-,12-,17-,18-,40?/m1/s1. The van der Waals surface area contributed by atoms with Gasteiger partial charge < -0.3 is 40.6 Å². The molecule has 0 aromatic carbocycles. The highest BCUT2D eigenvalue weighted by molar-refractivity contribution is 8.09. The minimum atomic E-state index is -4.23. The average molecular weight is 617 g/mol. The number of nitrogens with one attached hydrogen (secondary N) is 1. The Morgan fingerprint density at radius 3 is 2.63 bits per heavy atom. The third kappa shape index (κ3) is 4.54. The van der Waals surface area contributed by atoms with Gasteiger partial charge in [-0.3, -0.25) is 14.3 Å². The zero-order valence-corrected chi connectivity index (χ0v) is 22.2. The number of hydrogen-bond donors (Lipinski definition) is 6. The first-order valence-electron chi connectivity index (χ1n) is 11.9. The van der Waals surface area contributed by atoms with Crippen LogP contribution in [0.2, 0.25) is 0 Å². The molecule has 4 aromatic heterocycles. The van der Waals surface area contributed by atoms with Gasteiger partial charge in [0, 0.05) is 0 Å². The Morgan fingerprint density at radius 1 is 1.12 bits per heavy atom. The van der Waals surface area contributed by atoms with Gasteiger partial charge in [0.15, 0.2) is 53.3 Å². The summed E-state index contributed by atoms with van der Waals surface area (Å²) in [4.78, 5) is 41.5. The topological polar surface area (TPSA) is 260 Å². The summed E-state index contributed by atoms with van der Waals surface area (Å²) in [6.07, 6.45) is -9.36. The summed E-state index contributed by atoms with van der Waals surface area (Å²) in [6.45, 7) is -5.66. The van der Waals surface area contributed by atoms with Crippen LogP contribution in [0.25, 0.3) is 22.3 Å². The van der Waals surface area contributed by atoms with Crippen molar-refractivity contribution in [3.63, 3.8) is 0 Å². The van der Waals surface area contributed by atoms with E-state index in [1.807, 2.05) is 0 Å². The van der Waals surface area contributed by atoms with E-state index >= 15 is 8.78 Å². The number of alkyl halides is 2. The zero-order chi connectivity index (χ0) is 29.2. The van der Waals surface area contributed by atoms with E-state index in [-0.39, 0.29) is 34.1 Å². The number of aliphatic hydroxyl groups excluding tert-OH is 2. The fourth-order valence-electron chi connectivity index (χ4n) is 4.81. The Labute approximate surface area is 231 Å². The summed E-state index contributed by atoms with van der Waals surface area (Å²) in [5.74, 6) is -0.259. The number of halogens is 2. The van der Waals surface area contributed by atoms with Crippen LogP contribution in [0.15, 0.2) is 17.4 Å². The minimum Gasteiger partial charge on any atom is -0.394 e. The van der Waals surface area contributed by atoms with Crippen LogP contribution in [-0.4, -0.2) is 109 Å². The smallest absolute Gasteiger partial charge is 0.280 e. The van der Waals surface area contributed by atoms with Crippen LogP contribution in [0.4, 0.5) is 20.5 Å². The Morgan fingerprint density at radius 2 is 1.88 bits per heavy atom. The Balaban J connectivity index is 1.25. The highest BCUT2D eigenvalue weighted by Crippen LogP contribution is 2.58. The minimum absolute atomic E-state index is 0.000445. The van der Waals surface area contributed by atoms with Crippen molar-refractivity contribution in [1.29, 1.82) is 0 Å². The monoisotopic (exact) mass is 617 g/mol. The number of hydrogen-bond acceptors (Lipinski definition) is 15. The predicted molar refractivity (Wildman–Crippen MR) is 137 cm³/mol. The number of imidazole rings is 1. The molecule has 1 unspecified atom stereocenters. The number of anilines is 2. The summed E-state index contributed by atoms with van der Waals surface area (Å²) < 4.78 is 49.5. The first kappa shape index (κ1) is 27.8. The van der Waals surface area contributed by atoms with Crippen LogP contribution in [0.3, 0.4) is 0 Å². The normalized spacial score (nSPS) is 31.7. The lowest BCUT2D eigenvalue weighted by Crippen LogP contribution is -2.34. The fraction of sp³-hybridized carbons (Fsp3) is 0.526. The van der Waals surface area contributed by atoms with Crippen LogP contribution in [0.5, 0.6) is 0 Å². The molecule has 2 aliphatic rings. The maximum absolute atomic E-state index is 15.5. The molecule has 8 N–H and O–H groups in total. The number of ether oxygens (including phenoxy) is 2. The van der Waals surface area contributed by atoms with Crippen LogP contribution >= 0.6 is 6.49 Å². The van der Waals surface area contributed by atoms with E-state index in [0.29, 0.717) is 0 Å². The third-order valence-electron chi connectivity index (χ3n) is 6.82. The van der Waals surface area contributed by atoms with Gasteiger partial charge in [-0.2, -0.15) is 9.67 Å². The van der Waals surface area contributed by atoms with Crippen molar-refractivity contribution in [2.24, 2.45) is 0 Å². The first-order valence-corrected chi connectivity index (χ1v) is 14.6. The van der Waals surface area contributed by atoms with Gasteiger partial charge in [0.1, 0.15) is 36.5 Å². The van der Waals surface area contributed by atoms with Crippen molar-refractivity contribution < 1.29 is 37.9 Å². The van der Waals surface area contributed by atoms with Gasteiger partial charge in [0.25, 0.3) is 5.56 Å². The van der Waals surface area contributed by atoms with Crippen molar-refractivity contribution in [3.05, 3.63) is 23.0 Å². The van der Waals surface area contributed by atoms with Crippen molar-refractivity contribution >= 4 is 52.4 Å². The number of rotatable bonds is 7. The molecule has 2 aliphatic heterocycles. The van der Waals surface area contributed by atoms with E-state index in [0.717, 1.165) is 21.9 Å². The Hall–Kier alpha value is -3.30. The molecule has 0 spiro atoms. The molecule has 9 atom stereocenters. The molecular formula is C19H22F2N11O7PS. The Bertz CT molecular complexity index is 1720. The van der Waals surface area contributed by atoms with Gasteiger partial charge in [0.2, 0.25) is 5.95 Å². The molecule has 2 fully saturated rings. The summed E-state index contributed by atoms with van der Waals surface area (Å²) in [7, 11) is 0. The maximum Gasteiger partial charge on any atom is 0.280 e. The molecular weight excluding hydrogens is 595 g/mol. The molecule has 18 nitrogen and oxygen atoms in total. The number of aliphatic hydroxyl groups is 2. The summed E-state index contributed by atoms with van der Waals surface area (Å²) in [5, 5.41) is 27.8. The number of nitrogens with two attached hydrogens (primary N) is 2. The van der Waals surface area contributed by atoms with Crippen molar-refractivity contribution in [2.75, 3.05) is 24.7 Å². The van der Waals surface area contributed by atoms with Gasteiger partial charge in [0.05, 0.1) is 19.5 Å². The zero-order valence-electron chi connectivity index (χ0n) is 20.5. The first-order chi connectivity index (χ1) is 19.5. The lowest BCUT2D eigenvalue weighted by atomic mass is 10.1. The van der Waals surface area contributed by atoms with Crippen molar-refractivity contribution in [3.8, 4) is 0 Å². The van der Waals surface area contributed by atoms with E-state index in [1.165, 1.54) is 0 Å². The number of H-pyrrole nitrogens is 1. The van der Waals surface area contributed by atoms with Crippen molar-refractivity contribution in [2.45, 2.75) is 48.8 Å². The number of aromatic nitrogens is 9. The number of nitrogen functional groups attached to an aromatic ring is 2. The molecule has 6 heterocycles. The van der Waals surface area contributed by atoms with Gasteiger partial charge in [-0.15, -0.1) is 5.10 Å². The molecule has 41 heavy (non-hydrogen) atoms. The van der Waals surface area contributed by atoms with Gasteiger partial charge in [-0.25, -0.2) is 23.7 Å². The quantitative estimate of drug-likeness (QED) is 0.123. The van der Waals surface area contributed by atoms with Crippen LogP contribution in [-0.2, 0) is 25.8 Å². The van der Waals surface area contributed by atoms with Gasteiger partial charge in [-0.05, 0) is 11.8 Å². The van der Waals surface area contributed by atoms with Crippen LogP contribution < -0.4 is 17.0 Å². The largest absolute Gasteiger partial charge is 0.394 e. The second-order valence-electron chi connectivity index (χ2n) is 9.28. The molecule has 22 heteroatoms. The SMILES string of the molecule is Nc1nc2c(ncn2[C@@H]2O[C@H](CO)[C@H](F)[C@H]2P(O)(=S)OC[C@H]2O[C@@H](n3nnc4c(N)ncnc43)[C@@H](F)[C@@H]2O)c(=O)[nH]1. The summed E-state index contributed by atoms with van der Waals surface area (Å²) in [6, 6.07) is 0. The van der Waals surface area contributed by atoms with E-state index in [2.05, 4.69) is 35.2 Å². The molecule has 0 saturated carbocycles. The van der Waals surface area contributed by atoms with E-state index in [4.69, 9.17) is 37.3 Å². The third-order valence-corrected chi connectivity index (χ3v) is 9.68. The molecule has 6 rings (SSSR count). The fourth-order valence-corrected chi connectivity index (χ4v) is 7.28. The van der Waals surface area contributed by atoms with Gasteiger partial charge in [-0.1, -0.05) is 5.21 Å². The molecule has 4 aromatic rings. The second kappa shape index (κ2) is 10.2. The lowest BCUT2D eigenvalue weighted by Gasteiger charge is -2.29.